The first-order valence-corrected chi connectivity index (χ1v) is 11.8. The van der Waals surface area contributed by atoms with E-state index in [9.17, 15) is 23.3 Å². The van der Waals surface area contributed by atoms with Crippen molar-refractivity contribution in [3.63, 3.8) is 0 Å². The van der Waals surface area contributed by atoms with Crippen molar-refractivity contribution in [3.05, 3.63) is 85.6 Å². The van der Waals surface area contributed by atoms with Gasteiger partial charge in [-0.15, -0.1) is 11.3 Å². The monoisotopic (exact) mass is 457 g/mol. The predicted molar refractivity (Wildman–Crippen MR) is 118 cm³/mol. The molecule has 31 heavy (non-hydrogen) atoms. The van der Waals surface area contributed by atoms with Crippen LogP contribution in [0.3, 0.4) is 0 Å². The Labute approximate surface area is 183 Å². The van der Waals surface area contributed by atoms with Crippen LogP contribution in [0.25, 0.3) is 0 Å². The molecule has 160 valence electrons. The lowest BCUT2D eigenvalue weighted by Gasteiger charge is -2.28. The molecule has 8 nitrogen and oxygen atoms in total. The Kier molecular flexibility index (Phi) is 5.61. The first kappa shape index (κ1) is 21.2. The summed E-state index contributed by atoms with van der Waals surface area (Å²) in [7, 11) is -3.89. The maximum atomic E-state index is 13.3. The van der Waals surface area contributed by atoms with Crippen molar-refractivity contribution >= 4 is 38.6 Å². The molecule has 0 saturated carbocycles. The molecule has 3 aromatic rings. The van der Waals surface area contributed by atoms with Crippen LogP contribution in [-0.2, 0) is 23.0 Å². The van der Waals surface area contributed by atoms with Crippen molar-refractivity contribution in [2.75, 3.05) is 11.9 Å². The first-order chi connectivity index (χ1) is 14.8. The highest BCUT2D eigenvalue weighted by Crippen LogP contribution is 2.31. The van der Waals surface area contributed by atoms with Gasteiger partial charge in [0.15, 0.2) is 0 Å². The number of hydrogen-bond acceptors (Lipinski definition) is 6. The largest absolute Gasteiger partial charge is 0.321 e. The molecule has 0 radical (unpaired) electrons. The highest BCUT2D eigenvalue weighted by atomic mass is 32.2. The van der Waals surface area contributed by atoms with Crippen molar-refractivity contribution < 1.29 is 18.1 Å². The molecule has 0 unspecified atom stereocenters. The van der Waals surface area contributed by atoms with Crippen LogP contribution in [0.2, 0.25) is 0 Å². The number of fused-ring (bicyclic) bond motifs is 1. The molecule has 2 heterocycles. The van der Waals surface area contributed by atoms with Crippen molar-refractivity contribution in [2.45, 2.75) is 24.8 Å². The summed E-state index contributed by atoms with van der Waals surface area (Å²) in [6.45, 7) is 2.12. The number of rotatable bonds is 5. The number of nitrogens with zero attached hydrogens (tertiary/aromatic N) is 2. The van der Waals surface area contributed by atoms with E-state index >= 15 is 0 Å². The van der Waals surface area contributed by atoms with Gasteiger partial charge in [0.25, 0.3) is 11.6 Å². The second-order valence-electron chi connectivity index (χ2n) is 7.13. The van der Waals surface area contributed by atoms with Crippen molar-refractivity contribution in [1.82, 2.24) is 4.31 Å². The molecule has 1 aliphatic rings. The van der Waals surface area contributed by atoms with E-state index in [1.165, 1.54) is 29.4 Å². The molecule has 2 aromatic carbocycles. The number of thiophene rings is 1. The number of anilines is 1. The Morgan fingerprint density at radius 2 is 1.87 bits per heavy atom. The average molecular weight is 458 g/mol. The summed E-state index contributed by atoms with van der Waals surface area (Å²) in [4.78, 5) is 23.5. The predicted octanol–water partition coefficient (Wildman–Crippen LogP) is 3.96. The van der Waals surface area contributed by atoms with Crippen LogP contribution < -0.4 is 5.32 Å². The van der Waals surface area contributed by atoms with Gasteiger partial charge in [-0.2, -0.15) is 4.31 Å². The van der Waals surface area contributed by atoms with Crippen LogP contribution in [0.15, 0.2) is 58.8 Å². The van der Waals surface area contributed by atoms with Gasteiger partial charge in [-0.25, -0.2) is 8.42 Å². The number of nitro groups is 1. The fourth-order valence-electron chi connectivity index (χ4n) is 3.62. The van der Waals surface area contributed by atoms with Gasteiger partial charge in [0, 0.05) is 19.2 Å². The summed E-state index contributed by atoms with van der Waals surface area (Å²) in [5.74, 6) is -0.616. The number of amides is 1. The van der Waals surface area contributed by atoms with E-state index < -0.39 is 20.9 Å². The molecule has 0 atom stereocenters. The van der Waals surface area contributed by atoms with E-state index in [2.05, 4.69) is 5.32 Å². The van der Waals surface area contributed by atoms with Crippen molar-refractivity contribution in [1.29, 1.82) is 0 Å². The number of carbonyl (C=O) groups is 1. The van der Waals surface area contributed by atoms with E-state index in [0.29, 0.717) is 18.5 Å². The minimum atomic E-state index is -3.89. The molecule has 10 heteroatoms. The molecular formula is C21H19N3O5S2. The van der Waals surface area contributed by atoms with Gasteiger partial charge in [0.1, 0.15) is 9.77 Å². The fourth-order valence-corrected chi connectivity index (χ4v) is 6.33. The van der Waals surface area contributed by atoms with Crippen LogP contribution in [0.1, 0.15) is 26.4 Å². The SMILES string of the molecule is Cc1c(NC(=O)c2sccc2S(=O)(=O)N2CCc3ccccc3C2)cccc1[N+](=O)[O-]. The molecule has 1 N–H and O–H groups in total. The Balaban J connectivity index is 1.61. The van der Waals surface area contributed by atoms with E-state index in [-0.39, 0.29) is 27.7 Å². The molecule has 0 saturated heterocycles. The highest BCUT2D eigenvalue weighted by Gasteiger charge is 2.32. The Bertz CT molecular complexity index is 1280. The molecule has 0 spiro atoms. The molecule has 0 fully saturated rings. The van der Waals surface area contributed by atoms with Gasteiger partial charge in [-0.1, -0.05) is 30.3 Å². The van der Waals surface area contributed by atoms with E-state index in [4.69, 9.17) is 0 Å². The molecule has 1 amide bonds. The van der Waals surface area contributed by atoms with Gasteiger partial charge in [0.2, 0.25) is 10.0 Å². The zero-order valence-corrected chi connectivity index (χ0v) is 18.2. The molecule has 4 rings (SSSR count). The van der Waals surface area contributed by atoms with Crippen LogP contribution in [0, 0.1) is 17.0 Å². The lowest BCUT2D eigenvalue weighted by atomic mass is 10.0. The average Bonchev–Trinajstić information content (AvgIpc) is 3.25. The number of hydrogen-bond donors (Lipinski definition) is 1. The highest BCUT2D eigenvalue weighted by molar-refractivity contribution is 7.89. The summed E-state index contributed by atoms with van der Waals surface area (Å²) in [6, 6.07) is 13.5. The number of nitrogens with one attached hydrogen (secondary N) is 1. The maximum absolute atomic E-state index is 13.3. The third-order valence-corrected chi connectivity index (χ3v) is 8.23. The number of nitro benzene ring substituents is 1. The second kappa shape index (κ2) is 8.22. The third-order valence-electron chi connectivity index (χ3n) is 5.30. The number of benzene rings is 2. The van der Waals surface area contributed by atoms with E-state index in [0.717, 1.165) is 22.5 Å². The van der Waals surface area contributed by atoms with E-state index in [1.54, 1.807) is 11.4 Å². The van der Waals surface area contributed by atoms with Crippen LogP contribution in [-0.4, -0.2) is 30.1 Å². The zero-order chi connectivity index (χ0) is 22.2. The van der Waals surface area contributed by atoms with Crippen LogP contribution in [0.4, 0.5) is 11.4 Å². The summed E-state index contributed by atoms with van der Waals surface area (Å²) >= 11 is 1.02. The number of sulfonamides is 1. The maximum Gasteiger partial charge on any atom is 0.274 e. The Morgan fingerprint density at radius 3 is 2.61 bits per heavy atom. The first-order valence-electron chi connectivity index (χ1n) is 9.49. The molecular weight excluding hydrogens is 438 g/mol. The number of carbonyl (C=O) groups excluding carboxylic acids is 1. The van der Waals surface area contributed by atoms with Gasteiger partial charge in [-0.05, 0) is 42.0 Å². The normalized spacial score (nSPS) is 14.1. The quantitative estimate of drug-likeness (QED) is 0.461. The van der Waals surface area contributed by atoms with Crippen LogP contribution >= 0.6 is 11.3 Å². The summed E-state index contributed by atoms with van der Waals surface area (Å²) in [6.07, 6.45) is 0.605. The van der Waals surface area contributed by atoms with E-state index in [1.807, 2.05) is 24.3 Å². The summed E-state index contributed by atoms with van der Waals surface area (Å²) in [5, 5.41) is 15.3. The summed E-state index contributed by atoms with van der Waals surface area (Å²) in [5.41, 5.74) is 2.52. The molecule has 1 aliphatic heterocycles. The Hall–Kier alpha value is -3.08. The summed E-state index contributed by atoms with van der Waals surface area (Å²) < 4.78 is 28.0. The van der Waals surface area contributed by atoms with Crippen molar-refractivity contribution in [3.8, 4) is 0 Å². The lowest BCUT2D eigenvalue weighted by Crippen LogP contribution is -2.36. The zero-order valence-electron chi connectivity index (χ0n) is 16.6. The van der Waals surface area contributed by atoms with Gasteiger partial charge in [-0.3, -0.25) is 14.9 Å². The topological polar surface area (TPSA) is 110 Å². The molecule has 1 aromatic heterocycles. The fraction of sp³-hybridized carbons (Fsp3) is 0.190. The standard InChI is InChI=1S/C21H19N3O5S2/c1-14-17(7-4-8-18(14)24(26)27)22-21(25)20-19(10-12-30-20)31(28,29)23-11-9-15-5-2-3-6-16(15)13-23/h2-8,10,12H,9,11,13H2,1H3,(H,22,25). The van der Waals surface area contributed by atoms with Crippen LogP contribution in [0.5, 0.6) is 0 Å². The smallest absolute Gasteiger partial charge is 0.274 e. The Morgan fingerprint density at radius 1 is 1.13 bits per heavy atom. The second-order valence-corrected chi connectivity index (χ2v) is 9.95. The van der Waals surface area contributed by atoms with Gasteiger partial charge >= 0.3 is 0 Å². The third kappa shape index (κ3) is 3.97. The van der Waals surface area contributed by atoms with Gasteiger partial charge < -0.3 is 5.32 Å². The minimum absolute atomic E-state index is 0.0461. The van der Waals surface area contributed by atoms with Crippen molar-refractivity contribution in [2.24, 2.45) is 0 Å². The lowest BCUT2D eigenvalue weighted by molar-refractivity contribution is -0.385. The molecule has 0 bridgehead atoms. The molecule has 0 aliphatic carbocycles. The van der Waals surface area contributed by atoms with Gasteiger partial charge in [0.05, 0.1) is 16.2 Å². The minimum Gasteiger partial charge on any atom is -0.321 e.